The van der Waals surface area contributed by atoms with Crippen LogP contribution in [0.25, 0.3) is 16.6 Å². The van der Waals surface area contributed by atoms with Crippen molar-refractivity contribution in [2.75, 3.05) is 4.90 Å². The minimum absolute atomic E-state index is 0.00830. The minimum Gasteiger partial charge on any atom is -0.345 e. The van der Waals surface area contributed by atoms with Crippen LogP contribution < -0.4 is 4.90 Å². The number of hydrazone groups is 1. The van der Waals surface area contributed by atoms with Gasteiger partial charge in [-0.1, -0.05) is 12.1 Å². The summed E-state index contributed by atoms with van der Waals surface area (Å²) in [5.74, 6) is -0.865. The maximum Gasteiger partial charge on any atom is 0.504 e. The number of hydrogen-bond donors (Lipinski definition) is 1. The molecule has 1 aliphatic heterocycles. The summed E-state index contributed by atoms with van der Waals surface area (Å²) in [4.78, 5) is 21.6. The van der Waals surface area contributed by atoms with Gasteiger partial charge in [0.05, 0.1) is 34.9 Å². The molecule has 1 N–H and O–H groups in total. The van der Waals surface area contributed by atoms with Gasteiger partial charge in [-0.15, -0.1) is 13.2 Å². The predicted octanol–water partition coefficient (Wildman–Crippen LogP) is 6.49. The number of benzene rings is 2. The molecule has 0 bridgehead atoms. The third-order valence-corrected chi connectivity index (χ3v) is 6.81. The normalized spacial score (nSPS) is 20.8. The summed E-state index contributed by atoms with van der Waals surface area (Å²) in [5.41, 5.74) is 0.473. The van der Waals surface area contributed by atoms with Crippen molar-refractivity contribution in [1.82, 2.24) is 15.0 Å². The number of hydrogen-bond acceptors (Lipinski definition) is 4. The molecule has 2 atom stereocenters. The second kappa shape index (κ2) is 8.63. The number of nitrogens with one attached hydrogen (secondary N) is 1. The van der Waals surface area contributed by atoms with Gasteiger partial charge in [-0.05, 0) is 66.6 Å². The van der Waals surface area contributed by atoms with E-state index in [1.54, 1.807) is 18.2 Å². The molecule has 1 aromatic heterocycles. The Morgan fingerprint density at radius 3 is 2.51 bits per heavy atom. The zero-order chi connectivity index (χ0) is 26.7. The number of aromatic nitrogens is 2. The highest BCUT2D eigenvalue weighted by Gasteiger charge is 2.56. The molecule has 5 rings (SSSR count). The van der Waals surface area contributed by atoms with Crippen LogP contribution in [0, 0.1) is 11.8 Å². The van der Waals surface area contributed by atoms with Gasteiger partial charge in [-0.25, -0.2) is 4.98 Å². The molecule has 1 saturated heterocycles. The minimum atomic E-state index is -4.88. The highest BCUT2D eigenvalue weighted by atomic mass is 19.4. The van der Waals surface area contributed by atoms with E-state index in [4.69, 9.17) is 0 Å². The van der Waals surface area contributed by atoms with E-state index in [0.717, 1.165) is 18.9 Å². The van der Waals surface area contributed by atoms with Crippen LogP contribution in [0.1, 0.15) is 42.5 Å². The fourth-order valence-electron chi connectivity index (χ4n) is 4.88. The molecule has 1 aliphatic carbocycles. The summed E-state index contributed by atoms with van der Waals surface area (Å²) in [6.07, 6.45) is -6.12. The first-order chi connectivity index (χ1) is 17.4. The van der Waals surface area contributed by atoms with E-state index >= 15 is 0 Å². The maximum atomic E-state index is 14.3. The van der Waals surface area contributed by atoms with E-state index in [9.17, 15) is 31.1 Å². The number of aromatic amines is 1. The van der Waals surface area contributed by atoms with Gasteiger partial charge in [0.15, 0.2) is 0 Å². The number of H-pyrrole nitrogens is 1. The van der Waals surface area contributed by atoms with Gasteiger partial charge in [-0.2, -0.15) is 23.3 Å². The molecule has 2 aromatic carbocycles. The molecule has 3 aromatic rings. The smallest absolute Gasteiger partial charge is 0.345 e. The van der Waals surface area contributed by atoms with Crippen molar-refractivity contribution in [1.29, 1.82) is 0 Å². The zero-order valence-corrected chi connectivity index (χ0v) is 19.4. The average molecular weight is 521 g/mol. The third-order valence-electron chi connectivity index (χ3n) is 6.81. The summed E-state index contributed by atoms with van der Waals surface area (Å²) >= 11 is 0. The lowest BCUT2D eigenvalue weighted by Crippen LogP contribution is -2.56. The van der Waals surface area contributed by atoms with Gasteiger partial charge in [0.2, 0.25) is 5.91 Å². The molecule has 0 unspecified atom stereocenters. The monoisotopic (exact) mass is 521 g/mol. The van der Waals surface area contributed by atoms with Gasteiger partial charge in [0.25, 0.3) is 0 Å². The zero-order valence-electron chi connectivity index (χ0n) is 19.4. The Kier molecular flexibility index (Phi) is 5.80. The highest BCUT2D eigenvalue weighted by Crippen LogP contribution is 2.55. The molecule has 1 saturated carbocycles. The van der Waals surface area contributed by atoms with Gasteiger partial charge in [0.1, 0.15) is 0 Å². The van der Waals surface area contributed by atoms with Gasteiger partial charge < -0.3 is 9.88 Å². The van der Waals surface area contributed by atoms with Crippen molar-refractivity contribution in [2.45, 2.75) is 38.3 Å². The third kappa shape index (κ3) is 4.44. The van der Waals surface area contributed by atoms with Crippen LogP contribution in [0.4, 0.5) is 32.0 Å². The van der Waals surface area contributed by atoms with Crippen molar-refractivity contribution in [3.8, 4) is 0 Å². The summed E-state index contributed by atoms with van der Waals surface area (Å²) in [7, 11) is 0. The number of carbonyl (C=O) groups excluding carboxylic acids is 1. The Bertz CT molecular complexity index is 1400. The van der Waals surface area contributed by atoms with E-state index in [-0.39, 0.29) is 33.5 Å². The number of rotatable bonds is 6. The first-order valence-corrected chi connectivity index (χ1v) is 11.4. The van der Waals surface area contributed by atoms with Crippen molar-refractivity contribution < 1.29 is 31.1 Å². The molecule has 2 heterocycles. The number of alkyl halides is 6. The van der Waals surface area contributed by atoms with Gasteiger partial charge >= 0.3 is 12.5 Å². The topological polar surface area (TPSA) is 64.6 Å². The maximum absolute atomic E-state index is 14.3. The Hall–Kier alpha value is -3.83. The van der Waals surface area contributed by atoms with E-state index in [2.05, 4.69) is 21.8 Å². The molecule has 1 amide bonds. The summed E-state index contributed by atoms with van der Waals surface area (Å²) in [5, 5.41) is 2.51. The number of nitrogens with zero attached hydrogens (tertiary/aromatic N) is 4. The van der Waals surface area contributed by atoms with Crippen LogP contribution in [0.15, 0.2) is 54.0 Å². The number of amides is 1. The van der Waals surface area contributed by atoms with E-state index < -0.39 is 30.0 Å². The fourth-order valence-corrected chi connectivity index (χ4v) is 4.88. The lowest BCUT2D eigenvalue weighted by atomic mass is 9.76. The number of β-lactam (4-membered cyclic amide) rings is 1. The van der Waals surface area contributed by atoms with Crippen molar-refractivity contribution in [3.63, 3.8) is 0 Å². The van der Waals surface area contributed by atoms with Crippen LogP contribution in [-0.4, -0.2) is 33.9 Å². The highest BCUT2D eigenvalue weighted by molar-refractivity contribution is 6.04. The molecule has 0 radical (unpaired) electrons. The van der Waals surface area contributed by atoms with E-state index in [0.29, 0.717) is 22.9 Å². The molecule has 12 heteroatoms. The average Bonchev–Trinajstić information content (AvgIpc) is 3.53. The molecule has 0 spiro atoms. The summed E-state index contributed by atoms with van der Waals surface area (Å²) in [6, 6.07) is 7.52. The number of allylic oxidation sites excluding steroid dienone is 1. The molecular formula is C25H21F6N5O. The Morgan fingerprint density at radius 2 is 1.89 bits per heavy atom. The van der Waals surface area contributed by atoms with Crippen molar-refractivity contribution in [2.24, 2.45) is 16.9 Å². The second-order valence-electron chi connectivity index (χ2n) is 9.19. The second-order valence-corrected chi connectivity index (χ2v) is 9.19. The van der Waals surface area contributed by atoms with Crippen LogP contribution in [0.3, 0.4) is 0 Å². The van der Waals surface area contributed by atoms with Crippen LogP contribution in [0.5, 0.6) is 0 Å². The van der Waals surface area contributed by atoms with Crippen LogP contribution >= 0.6 is 0 Å². The largest absolute Gasteiger partial charge is 0.504 e. The lowest BCUT2D eigenvalue weighted by Gasteiger charge is -2.48. The molecular weight excluding hydrogens is 500 g/mol. The number of carbonyl (C=O) groups is 1. The lowest BCUT2D eigenvalue weighted by molar-refractivity contribution is -0.227. The number of anilines is 1. The standard InChI is InChI=1S/C25H21F6N5O/c1-13(11-35(32-2)25(29,30)31)15-5-7-17(18(9-15)24(26,27)28)22-21(14-3-4-14)23(37)36(22)16-6-8-19-20(10-16)34-12-33-19/h5-12,14,21-22H,2-4H2,1H3,(H,33,34)/b13-11+/t21-,22+/m1/s1. The van der Waals surface area contributed by atoms with E-state index in [1.165, 1.54) is 30.3 Å². The number of imidazole rings is 1. The molecule has 2 fully saturated rings. The molecule has 37 heavy (non-hydrogen) atoms. The quantitative estimate of drug-likeness (QED) is 0.133. The number of fused-ring (bicyclic) bond motifs is 1. The van der Waals surface area contributed by atoms with Gasteiger partial charge in [0, 0.05) is 18.6 Å². The van der Waals surface area contributed by atoms with Crippen molar-refractivity contribution in [3.05, 3.63) is 65.6 Å². The first kappa shape index (κ1) is 24.8. The first-order valence-electron chi connectivity index (χ1n) is 11.4. The van der Waals surface area contributed by atoms with Crippen LogP contribution in [-0.2, 0) is 11.0 Å². The molecule has 2 aliphatic rings. The Labute approximate surface area is 207 Å². The summed E-state index contributed by atoms with van der Waals surface area (Å²) in [6.45, 7) is 4.12. The molecule has 6 nitrogen and oxygen atoms in total. The van der Waals surface area contributed by atoms with Crippen LogP contribution in [0.2, 0.25) is 0 Å². The summed E-state index contributed by atoms with van der Waals surface area (Å²) < 4.78 is 82.1. The fraction of sp³-hybridized carbons (Fsp3) is 0.320. The predicted molar refractivity (Wildman–Crippen MR) is 125 cm³/mol. The van der Waals surface area contributed by atoms with Gasteiger partial charge in [-0.3, -0.25) is 4.79 Å². The Morgan fingerprint density at radius 1 is 1.16 bits per heavy atom. The number of halogens is 6. The molecule has 194 valence electrons. The SMILES string of the molecule is C=NN(/C=C(\C)c1ccc([C@H]2[C@@H](C3CC3)C(=O)N2c2ccc3nc[nH]c3c2)c(C(F)(F)F)c1)C(F)(F)F. The van der Waals surface area contributed by atoms with Crippen molar-refractivity contribution >= 4 is 34.9 Å². The Balaban J connectivity index is 1.58. The van der Waals surface area contributed by atoms with E-state index in [1.807, 2.05) is 0 Å².